The Labute approximate surface area is 116 Å². The lowest BCUT2D eigenvalue weighted by Gasteiger charge is -2.07. The first-order chi connectivity index (χ1) is 9.74. The predicted molar refractivity (Wildman–Crippen MR) is 71.1 cm³/mol. The number of aromatic carboxylic acids is 1. The Balaban J connectivity index is 1.60. The summed E-state index contributed by atoms with van der Waals surface area (Å²) < 4.78 is 10.7. The molecular weight excluding hydrogens is 258 g/mol. The number of hydrogen-bond donors (Lipinski definition) is 1. The van der Waals surface area contributed by atoms with Crippen molar-refractivity contribution < 1.29 is 19.1 Å². The van der Waals surface area contributed by atoms with Crippen LogP contribution in [-0.2, 0) is 19.3 Å². The zero-order chi connectivity index (χ0) is 13.9. The van der Waals surface area contributed by atoms with E-state index < -0.39 is 5.97 Å². The molecule has 0 aliphatic heterocycles. The molecule has 5 heteroatoms. The Morgan fingerprint density at radius 2 is 2.20 bits per heavy atom. The Hall–Kier alpha value is -2.30. The molecule has 2 aromatic rings. The number of rotatable bonds is 5. The summed E-state index contributed by atoms with van der Waals surface area (Å²) in [5, 5.41) is 8.91. The van der Waals surface area contributed by atoms with Crippen molar-refractivity contribution in [1.29, 1.82) is 0 Å². The average molecular weight is 273 g/mol. The minimum absolute atomic E-state index is 0.0393. The molecule has 0 amide bonds. The highest BCUT2D eigenvalue weighted by atomic mass is 16.5. The van der Waals surface area contributed by atoms with Gasteiger partial charge in [-0.1, -0.05) is 6.07 Å². The highest BCUT2D eigenvalue weighted by Crippen LogP contribution is 2.26. The lowest BCUT2D eigenvalue weighted by atomic mass is 10.1. The van der Waals surface area contributed by atoms with E-state index in [0.717, 1.165) is 25.0 Å². The van der Waals surface area contributed by atoms with Crippen molar-refractivity contribution in [3.63, 3.8) is 0 Å². The largest absolute Gasteiger partial charge is 0.493 e. The number of carboxylic acid groups (broad SMARTS) is 1. The lowest BCUT2D eigenvalue weighted by Crippen LogP contribution is -2.06. The van der Waals surface area contributed by atoms with Crippen LogP contribution < -0.4 is 4.74 Å². The molecule has 20 heavy (non-hydrogen) atoms. The average Bonchev–Trinajstić information content (AvgIpc) is 3.06. The third-order valence-corrected chi connectivity index (χ3v) is 3.51. The highest BCUT2D eigenvalue weighted by molar-refractivity contribution is 5.86. The summed E-state index contributed by atoms with van der Waals surface area (Å²) >= 11 is 0. The first-order valence-electron chi connectivity index (χ1n) is 6.64. The smallest absolute Gasteiger partial charge is 0.358 e. The number of carbonyl (C=O) groups is 1. The predicted octanol–water partition coefficient (Wildman–Crippen LogP) is 2.48. The summed E-state index contributed by atoms with van der Waals surface area (Å²) in [4.78, 5) is 14.5. The van der Waals surface area contributed by atoms with Crippen LogP contribution in [0.15, 0.2) is 29.0 Å². The third-order valence-electron chi connectivity index (χ3n) is 3.51. The molecule has 104 valence electrons. The van der Waals surface area contributed by atoms with Crippen LogP contribution in [0.2, 0.25) is 0 Å². The number of aromatic nitrogens is 1. The molecule has 0 saturated carbocycles. The lowest BCUT2D eigenvalue weighted by molar-refractivity contribution is 0.0688. The Morgan fingerprint density at radius 3 is 3.05 bits per heavy atom. The molecule has 0 bridgehead atoms. The summed E-state index contributed by atoms with van der Waals surface area (Å²) in [6.45, 7) is 0.369. The molecule has 0 fully saturated rings. The number of nitrogens with zero attached hydrogens (tertiary/aromatic N) is 1. The summed E-state index contributed by atoms with van der Waals surface area (Å²) in [6, 6.07) is 6.14. The van der Waals surface area contributed by atoms with Crippen molar-refractivity contribution in [2.45, 2.75) is 25.7 Å². The van der Waals surface area contributed by atoms with E-state index in [9.17, 15) is 4.79 Å². The van der Waals surface area contributed by atoms with Gasteiger partial charge in [-0.05, 0) is 42.5 Å². The van der Waals surface area contributed by atoms with Gasteiger partial charge in [-0.25, -0.2) is 9.78 Å². The van der Waals surface area contributed by atoms with E-state index >= 15 is 0 Å². The fourth-order valence-corrected chi connectivity index (χ4v) is 2.52. The maximum absolute atomic E-state index is 10.9. The molecule has 3 rings (SSSR count). The SMILES string of the molecule is O=C(O)c1ncoc1CCOc1ccc2c(c1)CCC2. The van der Waals surface area contributed by atoms with Crippen LogP contribution in [-0.4, -0.2) is 22.7 Å². The normalized spacial score (nSPS) is 13.2. The quantitative estimate of drug-likeness (QED) is 0.906. The second kappa shape index (κ2) is 5.36. The van der Waals surface area contributed by atoms with Crippen LogP contribution in [0.3, 0.4) is 0 Å². The van der Waals surface area contributed by atoms with E-state index in [1.165, 1.54) is 17.5 Å². The molecule has 1 aromatic heterocycles. The molecule has 0 atom stereocenters. The third kappa shape index (κ3) is 2.52. The van der Waals surface area contributed by atoms with Crippen LogP contribution in [0.4, 0.5) is 0 Å². The fourth-order valence-electron chi connectivity index (χ4n) is 2.52. The minimum Gasteiger partial charge on any atom is -0.493 e. The zero-order valence-electron chi connectivity index (χ0n) is 11.0. The Kier molecular flexibility index (Phi) is 3.41. The maximum atomic E-state index is 10.9. The molecule has 0 radical (unpaired) electrons. The van der Waals surface area contributed by atoms with Gasteiger partial charge in [-0.3, -0.25) is 0 Å². The second-order valence-corrected chi connectivity index (χ2v) is 4.81. The molecule has 1 heterocycles. The van der Waals surface area contributed by atoms with Gasteiger partial charge in [-0.15, -0.1) is 0 Å². The molecule has 1 aliphatic rings. The van der Waals surface area contributed by atoms with E-state index in [2.05, 4.69) is 17.1 Å². The number of aryl methyl sites for hydroxylation is 2. The summed E-state index contributed by atoms with van der Waals surface area (Å²) in [5.74, 6) is 0.0898. The van der Waals surface area contributed by atoms with Gasteiger partial charge in [-0.2, -0.15) is 0 Å². The molecule has 1 aliphatic carbocycles. The zero-order valence-corrected chi connectivity index (χ0v) is 11.0. The Bertz CT molecular complexity index is 633. The number of ether oxygens (including phenoxy) is 1. The molecule has 1 aromatic carbocycles. The van der Waals surface area contributed by atoms with E-state index in [1.807, 2.05) is 6.07 Å². The summed E-state index contributed by atoms with van der Waals surface area (Å²) in [6.07, 6.45) is 5.00. The van der Waals surface area contributed by atoms with Gasteiger partial charge in [0.25, 0.3) is 0 Å². The monoisotopic (exact) mass is 273 g/mol. The molecule has 0 saturated heterocycles. The molecule has 0 spiro atoms. The fraction of sp³-hybridized carbons (Fsp3) is 0.333. The van der Waals surface area contributed by atoms with Crippen molar-refractivity contribution >= 4 is 5.97 Å². The topological polar surface area (TPSA) is 72.6 Å². The van der Waals surface area contributed by atoms with Gasteiger partial charge in [0.2, 0.25) is 0 Å². The Morgan fingerprint density at radius 1 is 1.35 bits per heavy atom. The van der Waals surface area contributed by atoms with Gasteiger partial charge in [0.05, 0.1) is 6.61 Å². The first-order valence-corrected chi connectivity index (χ1v) is 6.64. The standard InChI is InChI=1S/C15H15NO4/c17-15(18)14-13(20-9-16-14)6-7-19-12-5-4-10-2-1-3-11(10)8-12/h4-5,8-9H,1-3,6-7H2,(H,17,18). The second-order valence-electron chi connectivity index (χ2n) is 4.81. The van der Waals surface area contributed by atoms with Crippen LogP contribution in [0.25, 0.3) is 0 Å². The van der Waals surface area contributed by atoms with Crippen molar-refractivity contribution in [3.8, 4) is 5.75 Å². The summed E-state index contributed by atoms with van der Waals surface area (Å²) in [7, 11) is 0. The van der Waals surface area contributed by atoms with E-state index in [4.69, 9.17) is 14.3 Å². The van der Waals surface area contributed by atoms with Gasteiger partial charge >= 0.3 is 5.97 Å². The van der Waals surface area contributed by atoms with Crippen molar-refractivity contribution in [1.82, 2.24) is 4.98 Å². The number of fused-ring (bicyclic) bond motifs is 1. The molecule has 5 nitrogen and oxygen atoms in total. The highest BCUT2D eigenvalue weighted by Gasteiger charge is 2.15. The number of benzene rings is 1. The van der Waals surface area contributed by atoms with Crippen LogP contribution in [0.1, 0.15) is 33.8 Å². The van der Waals surface area contributed by atoms with Gasteiger partial charge in [0, 0.05) is 6.42 Å². The van der Waals surface area contributed by atoms with Crippen LogP contribution in [0, 0.1) is 0 Å². The maximum Gasteiger partial charge on any atom is 0.358 e. The van der Waals surface area contributed by atoms with Gasteiger partial charge < -0.3 is 14.3 Å². The van der Waals surface area contributed by atoms with E-state index in [1.54, 1.807) is 0 Å². The van der Waals surface area contributed by atoms with Crippen molar-refractivity contribution in [2.24, 2.45) is 0 Å². The van der Waals surface area contributed by atoms with Crippen molar-refractivity contribution in [3.05, 3.63) is 47.2 Å². The minimum atomic E-state index is -1.08. The van der Waals surface area contributed by atoms with Crippen LogP contribution in [0.5, 0.6) is 5.75 Å². The molecule has 1 N–H and O–H groups in total. The molecular formula is C15H15NO4. The van der Waals surface area contributed by atoms with E-state index in [0.29, 0.717) is 18.8 Å². The number of carboxylic acids is 1. The van der Waals surface area contributed by atoms with Gasteiger partial charge in [0.1, 0.15) is 11.5 Å². The van der Waals surface area contributed by atoms with Crippen molar-refractivity contribution in [2.75, 3.05) is 6.61 Å². The first kappa shape index (κ1) is 12.7. The van der Waals surface area contributed by atoms with E-state index in [-0.39, 0.29) is 5.69 Å². The number of oxazole rings is 1. The number of hydrogen-bond acceptors (Lipinski definition) is 4. The molecule has 0 unspecified atom stereocenters. The summed E-state index contributed by atoms with van der Waals surface area (Å²) in [5.41, 5.74) is 2.72. The van der Waals surface area contributed by atoms with Gasteiger partial charge in [0.15, 0.2) is 12.1 Å². The van der Waals surface area contributed by atoms with Crippen LogP contribution >= 0.6 is 0 Å².